The summed E-state index contributed by atoms with van der Waals surface area (Å²) < 4.78 is 4.88. The summed E-state index contributed by atoms with van der Waals surface area (Å²) in [7, 11) is 1.62. The van der Waals surface area contributed by atoms with Gasteiger partial charge in [-0.3, -0.25) is 4.79 Å². The molecule has 0 bridgehead atoms. The van der Waals surface area contributed by atoms with Gasteiger partial charge in [0.25, 0.3) is 0 Å². The summed E-state index contributed by atoms with van der Waals surface area (Å²) in [5.41, 5.74) is 0. The molecule has 1 atom stereocenters. The smallest absolute Gasteiger partial charge is 0.234 e. The highest BCUT2D eigenvalue weighted by Gasteiger charge is 2.12. The molecule has 1 aromatic heterocycles. The molecule has 0 spiro atoms. The SMILES string of the molecule is CCCC(NCC(=O)NCCOC)c1cccs1. The van der Waals surface area contributed by atoms with Gasteiger partial charge in [-0.15, -0.1) is 11.3 Å². The van der Waals surface area contributed by atoms with E-state index in [-0.39, 0.29) is 11.9 Å². The lowest BCUT2D eigenvalue weighted by atomic mass is 10.1. The molecule has 5 heteroatoms. The van der Waals surface area contributed by atoms with Gasteiger partial charge in [-0.1, -0.05) is 19.4 Å². The predicted molar refractivity (Wildman–Crippen MR) is 74.9 cm³/mol. The molecule has 1 unspecified atom stereocenters. The van der Waals surface area contributed by atoms with Crippen LogP contribution in [0.2, 0.25) is 0 Å². The number of thiophene rings is 1. The van der Waals surface area contributed by atoms with Crippen molar-refractivity contribution in [3.05, 3.63) is 22.4 Å². The number of carbonyl (C=O) groups excluding carboxylic acids is 1. The van der Waals surface area contributed by atoms with E-state index in [2.05, 4.69) is 29.0 Å². The average molecular weight is 270 g/mol. The fraction of sp³-hybridized carbons (Fsp3) is 0.615. The van der Waals surface area contributed by atoms with Gasteiger partial charge >= 0.3 is 0 Å². The Hall–Kier alpha value is -0.910. The highest BCUT2D eigenvalue weighted by Crippen LogP contribution is 2.22. The Labute approximate surface area is 113 Å². The van der Waals surface area contributed by atoms with Crippen molar-refractivity contribution >= 4 is 17.2 Å². The third kappa shape index (κ3) is 5.62. The molecule has 0 fully saturated rings. The monoisotopic (exact) mass is 270 g/mol. The third-order valence-corrected chi connectivity index (χ3v) is 3.59. The zero-order chi connectivity index (χ0) is 13.2. The van der Waals surface area contributed by atoms with Crippen molar-refractivity contribution in [2.75, 3.05) is 26.8 Å². The van der Waals surface area contributed by atoms with Gasteiger partial charge in [0.1, 0.15) is 0 Å². The molecule has 2 N–H and O–H groups in total. The van der Waals surface area contributed by atoms with Crippen molar-refractivity contribution in [1.29, 1.82) is 0 Å². The Kier molecular flexibility index (Phi) is 7.64. The van der Waals surface area contributed by atoms with Gasteiger partial charge in [-0.05, 0) is 17.9 Å². The van der Waals surface area contributed by atoms with E-state index in [1.54, 1.807) is 18.4 Å². The number of amides is 1. The molecule has 102 valence electrons. The van der Waals surface area contributed by atoms with Gasteiger partial charge < -0.3 is 15.4 Å². The van der Waals surface area contributed by atoms with E-state index in [1.807, 2.05) is 6.07 Å². The normalized spacial score (nSPS) is 12.3. The lowest BCUT2D eigenvalue weighted by Gasteiger charge is -2.16. The molecule has 0 radical (unpaired) electrons. The van der Waals surface area contributed by atoms with E-state index in [9.17, 15) is 4.79 Å². The molecule has 0 aliphatic rings. The zero-order valence-electron chi connectivity index (χ0n) is 11.1. The minimum atomic E-state index is 0.0182. The average Bonchev–Trinajstić information content (AvgIpc) is 2.88. The topological polar surface area (TPSA) is 50.4 Å². The first-order chi connectivity index (χ1) is 8.77. The van der Waals surface area contributed by atoms with Crippen LogP contribution in [0.15, 0.2) is 17.5 Å². The fourth-order valence-electron chi connectivity index (χ4n) is 1.69. The summed E-state index contributed by atoms with van der Waals surface area (Å²) >= 11 is 1.73. The van der Waals surface area contributed by atoms with Crippen LogP contribution in [0.1, 0.15) is 30.7 Å². The highest BCUT2D eigenvalue weighted by atomic mass is 32.1. The molecule has 1 amide bonds. The van der Waals surface area contributed by atoms with E-state index >= 15 is 0 Å². The Morgan fingerprint density at radius 2 is 2.39 bits per heavy atom. The molecule has 1 rings (SSSR count). The molecule has 1 aromatic rings. The summed E-state index contributed by atoms with van der Waals surface area (Å²) in [6, 6.07) is 4.44. The van der Waals surface area contributed by atoms with E-state index < -0.39 is 0 Å². The van der Waals surface area contributed by atoms with Crippen molar-refractivity contribution in [2.45, 2.75) is 25.8 Å². The largest absolute Gasteiger partial charge is 0.383 e. The fourth-order valence-corrected chi connectivity index (χ4v) is 2.53. The summed E-state index contributed by atoms with van der Waals surface area (Å²) in [6.45, 7) is 3.62. The molecule has 0 aliphatic heterocycles. The minimum Gasteiger partial charge on any atom is -0.383 e. The standard InChI is InChI=1S/C13H22N2O2S/c1-3-5-11(12-6-4-9-18-12)15-10-13(16)14-7-8-17-2/h4,6,9,11,15H,3,5,7-8,10H2,1-2H3,(H,14,16). The van der Waals surface area contributed by atoms with Crippen LogP contribution in [0.3, 0.4) is 0 Å². The third-order valence-electron chi connectivity index (χ3n) is 2.60. The van der Waals surface area contributed by atoms with Gasteiger partial charge in [-0.2, -0.15) is 0 Å². The van der Waals surface area contributed by atoms with Gasteiger partial charge in [0, 0.05) is 24.6 Å². The molecule has 18 heavy (non-hydrogen) atoms. The first-order valence-corrected chi connectivity index (χ1v) is 7.18. The number of rotatable bonds is 9. The Morgan fingerprint density at radius 1 is 1.56 bits per heavy atom. The molecule has 0 aromatic carbocycles. The van der Waals surface area contributed by atoms with Gasteiger partial charge in [0.05, 0.1) is 13.2 Å². The van der Waals surface area contributed by atoms with Crippen LogP contribution >= 0.6 is 11.3 Å². The van der Waals surface area contributed by atoms with Crippen molar-refractivity contribution < 1.29 is 9.53 Å². The lowest BCUT2D eigenvalue weighted by Crippen LogP contribution is -2.37. The number of hydrogen-bond acceptors (Lipinski definition) is 4. The maximum Gasteiger partial charge on any atom is 0.234 e. The molecule has 0 aliphatic carbocycles. The van der Waals surface area contributed by atoms with Crippen molar-refractivity contribution in [2.24, 2.45) is 0 Å². The molecular formula is C13H22N2O2S. The second-order valence-electron chi connectivity index (χ2n) is 4.08. The van der Waals surface area contributed by atoms with E-state index in [4.69, 9.17) is 4.74 Å². The van der Waals surface area contributed by atoms with Crippen LogP contribution in [0, 0.1) is 0 Å². The van der Waals surface area contributed by atoms with Crippen LogP contribution < -0.4 is 10.6 Å². The summed E-state index contributed by atoms with van der Waals surface area (Å²) in [5, 5.41) is 8.18. The number of hydrogen-bond donors (Lipinski definition) is 2. The summed E-state index contributed by atoms with van der Waals surface area (Å²) in [4.78, 5) is 12.9. The predicted octanol–water partition coefficient (Wildman–Crippen LogP) is 1.94. The summed E-state index contributed by atoms with van der Waals surface area (Å²) in [6.07, 6.45) is 2.15. The van der Waals surface area contributed by atoms with Crippen LogP contribution in [0.5, 0.6) is 0 Å². The van der Waals surface area contributed by atoms with Crippen LogP contribution in [-0.2, 0) is 9.53 Å². The lowest BCUT2D eigenvalue weighted by molar-refractivity contribution is -0.120. The maximum atomic E-state index is 11.6. The van der Waals surface area contributed by atoms with E-state index in [0.29, 0.717) is 19.7 Å². The second kappa shape index (κ2) is 9.08. The highest BCUT2D eigenvalue weighted by molar-refractivity contribution is 7.10. The van der Waals surface area contributed by atoms with Gasteiger partial charge in [-0.25, -0.2) is 0 Å². The van der Waals surface area contributed by atoms with E-state index in [0.717, 1.165) is 12.8 Å². The Morgan fingerprint density at radius 3 is 3.00 bits per heavy atom. The number of nitrogens with one attached hydrogen (secondary N) is 2. The first kappa shape index (κ1) is 15.1. The number of methoxy groups -OCH3 is 1. The second-order valence-corrected chi connectivity index (χ2v) is 5.06. The molecule has 0 saturated heterocycles. The minimum absolute atomic E-state index is 0.0182. The van der Waals surface area contributed by atoms with Gasteiger partial charge in [0.2, 0.25) is 5.91 Å². The van der Waals surface area contributed by atoms with E-state index in [1.165, 1.54) is 4.88 Å². The summed E-state index contributed by atoms with van der Waals surface area (Å²) in [5.74, 6) is 0.0182. The van der Waals surface area contributed by atoms with Crippen LogP contribution in [0.25, 0.3) is 0 Å². The van der Waals surface area contributed by atoms with Crippen molar-refractivity contribution in [1.82, 2.24) is 10.6 Å². The van der Waals surface area contributed by atoms with Crippen LogP contribution in [0.4, 0.5) is 0 Å². The molecule has 1 heterocycles. The van der Waals surface area contributed by atoms with Gasteiger partial charge in [0.15, 0.2) is 0 Å². The first-order valence-electron chi connectivity index (χ1n) is 6.30. The molecular weight excluding hydrogens is 248 g/mol. The van der Waals surface area contributed by atoms with Crippen molar-refractivity contribution in [3.63, 3.8) is 0 Å². The van der Waals surface area contributed by atoms with Crippen molar-refractivity contribution in [3.8, 4) is 0 Å². The number of carbonyl (C=O) groups is 1. The Balaban J connectivity index is 2.31. The quantitative estimate of drug-likeness (QED) is 0.674. The molecule has 4 nitrogen and oxygen atoms in total. The maximum absolute atomic E-state index is 11.6. The Bertz CT molecular complexity index is 328. The molecule has 0 saturated carbocycles. The number of ether oxygens (including phenoxy) is 1. The zero-order valence-corrected chi connectivity index (χ0v) is 11.9. The van der Waals surface area contributed by atoms with Crippen LogP contribution in [-0.4, -0.2) is 32.7 Å².